The fourth-order valence-electron chi connectivity index (χ4n) is 2.28. The first-order valence-electron chi connectivity index (χ1n) is 6.81. The van der Waals surface area contributed by atoms with Crippen LogP contribution in [-0.4, -0.2) is 50.4 Å². The Bertz CT molecular complexity index is 486. The van der Waals surface area contributed by atoms with Crippen molar-refractivity contribution in [1.82, 2.24) is 4.90 Å². The van der Waals surface area contributed by atoms with E-state index in [0.717, 1.165) is 44.3 Å². The lowest BCUT2D eigenvalue weighted by molar-refractivity contribution is -0.116. The van der Waals surface area contributed by atoms with Crippen molar-refractivity contribution < 1.29 is 19.0 Å². The Kier molecular flexibility index (Phi) is 4.03. The molecular formula is C14H18N2O4. The summed E-state index contributed by atoms with van der Waals surface area (Å²) in [7, 11) is 0. The largest absolute Gasteiger partial charge is 0.454 e. The molecule has 2 heterocycles. The molecule has 2 aliphatic rings. The summed E-state index contributed by atoms with van der Waals surface area (Å²) >= 11 is 0. The van der Waals surface area contributed by atoms with Gasteiger partial charge >= 0.3 is 0 Å². The highest BCUT2D eigenvalue weighted by Gasteiger charge is 2.15. The van der Waals surface area contributed by atoms with E-state index in [1.807, 2.05) is 6.07 Å². The molecule has 1 aromatic rings. The fourth-order valence-corrected chi connectivity index (χ4v) is 2.28. The van der Waals surface area contributed by atoms with Crippen molar-refractivity contribution in [2.24, 2.45) is 0 Å². The van der Waals surface area contributed by atoms with Crippen LogP contribution in [0.3, 0.4) is 0 Å². The van der Waals surface area contributed by atoms with Crippen LogP contribution in [0.1, 0.15) is 6.42 Å². The second-order valence-corrected chi connectivity index (χ2v) is 4.82. The van der Waals surface area contributed by atoms with E-state index in [1.54, 1.807) is 12.1 Å². The number of hydrogen-bond acceptors (Lipinski definition) is 5. The molecule has 108 valence electrons. The minimum absolute atomic E-state index is 0.00959. The summed E-state index contributed by atoms with van der Waals surface area (Å²) in [5.74, 6) is 1.41. The van der Waals surface area contributed by atoms with Crippen LogP contribution >= 0.6 is 0 Å². The number of carbonyl (C=O) groups is 1. The third-order valence-corrected chi connectivity index (χ3v) is 3.42. The standard InChI is InChI=1S/C14H18N2O4/c17-14(3-4-16-5-7-18-8-6-16)15-11-1-2-12-13(9-11)20-10-19-12/h1-2,9H,3-8,10H2,(H,15,17). The van der Waals surface area contributed by atoms with E-state index >= 15 is 0 Å². The normalized spacial score (nSPS) is 18.0. The number of benzene rings is 1. The topological polar surface area (TPSA) is 60.0 Å². The molecule has 3 rings (SSSR count). The highest BCUT2D eigenvalue weighted by atomic mass is 16.7. The first kappa shape index (κ1) is 13.2. The highest BCUT2D eigenvalue weighted by Crippen LogP contribution is 2.34. The molecule has 0 aromatic heterocycles. The first-order chi connectivity index (χ1) is 9.81. The molecule has 0 atom stereocenters. The summed E-state index contributed by atoms with van der Waals surface area (Å²) in [6, 6.07) is 5.41. The molecule has 6 nitrogen and oxygen atoms in total. The van der Waals surface area contributed by atoms with Crippen LogP contribution in [0, 0.1) is 0 Å². The zero-order chi connectivity index (χ0) is 13.8. The number of rotatable bonds is 4. The molecule has 0 aliphatic carbocycles. The predicted octanol–water partition coefficient (Wildman–Crippen LogP) is 1.08. The van der Waals surface area contributed by atoms with E-state index < -0.39 is 0 Å². The van der Waals surface area contributed by atoms with Crippen LogP contribution in [0.15, 0.2) is 18.2 Å². The van der Waals surface area contributed by atoms with Gasteiger partial charge in [0.15, 0.2) is 11.5 Å². The second kappa shape index (κ2) is 6.11. The Balaban J connectivity index is 1.48. The Hall–Kier alpha value is -1.79. The zero-order valence-electron chi connectivity index (χ0n) is 11.3. The Morgan fingerprint density at radius 3 is 2.85 bits per heavy atom. The van der Waals surface area contributed by atoms with Gasteiger partial charge in [-0.3, -0.25) is 9.69 Å². The minimum Gasteiger partial charge on any atom is -0.454 e. The van der Waals surface area contributed by atoms with E-state index in [-0.39, 0.29) is 12.7 Å². The molecule has 1 saturated heterocycles. The molecule has 1 fully saturated rings. The first-order valence-corrected chi connectivity index (χ1v) is 6.81. The highest BCUT2D eigenvalue weighted by molar-refractivity contribution is 5.91. The monoisotopic (exact) mass is 278 g/mol. The molecule has 1 amide bonds. The number of amides is 1. The second-order valence-electron chi connectivity index (χ2n) is 4.82. The Labute approximate surface area is 117 Å². The molecule has 1 N–H and O–H groups in total. The summed E-state index contributed by atoms with van der Waals surface area (Å²) < 4.78 is 15.8. The molecule has 20 heavy (non-hydrogen) atoms. The fraction of sp³-hybridized carbons (Fsp3) is 0.500. The molecule has 0 unspecified atom stereocenters. The van der Waals surface area contributed by atoms with E-state index in [0.29, 0.717) is 12.2 Å². The van der Waals surface area contributed by atoms with Crippen molar-refractivity contribution in [2.45, 2.75) is 6.42 Å². The zero-order valence-corrected chi connectivity index (χ0v) is 11.3. The van der Waals surface area contributed by atoms with Crippen molar-refractivity contribution in [2.75, 3.05) is 45.0 Å². The minimum atomic E-state index is 0.00959. The predicted molar refractivity (Wildman–Crippen MR) is 73.1 cm³/mol. The Morgan fingerprint density at radius 2 is 2.00 bits per heavy atom. The maximum Gasteiger partial charge on any atom is 0.231 e. The number of ether oxygens (including phenoxy) is 3. The van der Waals surface area contributed by atoms with Gasteiger partial charge in [0.05, 0.1) is 13.2 Å². The lowest BCUT2D eigenvalue weighted by Gasteiger charge is -2.26. The van der Waals surface area contributed by atoms with Crippen molar-refractivity contribution in [3.8, 4) is 11.5 Å². The summed E-state index contributed by atoms with van der Waals surface area (Å²) in [5, 5.41) is 2.88. The smallest absolute Gasteiger partial charge is 0.231 e. The van der Waals surface area contributed by atoms with Crippen LogP contribution in [0.5, 0.6) is 11.5 Å². The van der Waals surface area contributed by atoms with Gasteiger partial charge in [0.1, 0.15) is 0 Å². The van der Waals surface area contributed by atoms with Crippen molar-refractivity contribution in [3.63, 3.8) is 0 Å². The summed E-state index contributed by atoms with van der Waals surface area (Å²) in [5.41, 5.74) is 0.737. The van der Waals surface area contributed by atoms with E-state index in [4.69, 9.17) is 14.2 Å². The van der Waals surface area contributed by atoms with Gasteiger partial charge in [0.2, 0.25) is 12.7 Å². The number of morpholine rings is 1. The van der Waals surface area contributed by atoms with Gasteiger partial charge in [0, 0.05) is 37.8 Å². The molecule has 0 radical (unpaired) electrons. The quantitative estimate of drug-likeness (QED) is 0.893. The van der Waals surface area contributed by atoms with Gasteiger partial charge in [-0.1, -0.05) is 0 Å². The third kappa shape index (κ3) is 3.20. The number of carbonyl (C=O) groups excluding carboxylic acids is 1. The van der Waals surface area contributed by atoms with Gasteiger partial charge in [-0.2, -0.15) is 0 Å². The number of hydrogen-bond donors (Lipinski definition) is 1. The maximum absolute atomic E-state index is 11.9. The van der Waals surface area contributed by atoms with E-state index in [2.05, 4.69) is 10.2 Å². The SMILES string of the molecule is O=C(CCN1CCOCC1)Nc1ccc2c(c1)OCO2. The average molecular weight is 278 g/mol. The van der Waals surface area contributed by atoms with Crippen LogP contribution in [0.2, 0.25) is 0 Å². The van der Waals surface area contributed by atoms with Crippen molar-refractivity contribution >= 4 is 11.6 Å². The lowest BCUT2D eigenvalue weighted by atomic mass is 10.2. The molecule has 6 heteroatoms. The molecule has 0 bridgehead atoms. The summed E-state index contributed by atoms with van der Waals surface area (Å²) in [6.07, 6.45) is 0.481. The van der Waals surface area contributed by atoms with Gasteiger partial charge in [-0.05, 0) is 12.1 Å². The molecule has 2 aliphatic heterocycles. The number of nitrogens with zero attached hydrogens (tertiary/aromatic N) is 1. The van der Waals surface area contributed by atoms with Gasteiger partial charge in [-0.15, -0.1) is 0 Å². The van der Waals surface area contributed by atoms with Gasteiger partial charge in [0.25, 0.3) is 0 Å². The Morgan fingerprint density at radius 1 is 1.20 bits per heavy atom. The van der Waals surface area contributed by atoms with Crippen LogP contribution in [0.25, 0.3) is 0 Å². The lowest BCUT2D eigenvalue weighted by Crippen LogP contribution is -2.38. The van der Waals surface area contributed by atoms with Crippen LogP contribution in [0.4, 0.5) is 5.69 Å². The number of fused-ring (bicyclic) bond motifs is 1. The van der Waals surface area contributed by atoms with Gasteiger partial charge in [-0.25, -0.2) is 0 Å². The average Bonchev–Trinajstić information content (AvgIpc) is 2.94. The van der Waals surface area contributed by atoms with Crippen molar-refractivity contribution in [3.05, 3.63) is 18.2 Å². The maximum atomic E-state index is 11.9. The summed E-state index contributed by atoms with van der Waals surface area (Å²) in [4.78, 5) is 14.2. The molecule has 0 saturated carbocycles. The third-order valence-electron chi connectivity index (χ3n) is 3.42. The molecule has 0 spiro atoms. The van der Waals surface area contributed by atoms with Crippen molar-refractivity contribution in [1.29, 1.82) is 0 Å². The summed E-state index contributed by atoms with van der Waals surface area (Å²) in [6.45, 7) is 4.31. The van der Waals surface area contributed by atoms with E-state index in [9.17, 15) is 4.79 Å². The van der Waals surface area contributed by atoms with Crippen LogP contribution < -0.4 is 14.8 Å². The van der Waals surface area contributed by atoms with E-state index in [1.165, 1.54) is 0 Å². The molecule has 1 aromatic carbocycles. The van der Waals surface area contributed by atoms with Gasteiger partial charge < -0.3 is 19.5 Å². The molecular weight excluding hydrogens is 260 g/mol. The number of nitrogens with one attached hydrogen (secondary N) is 1. The number of anilines is 1. The van der Waals surface area contributed by atoms with Crippen LogP contribution in [-0.2, 0) is 9.53 Å².